The Bertz CT molecular complexity index is 1220. The van der Waals surface area contributed by atoms with Gasteiger partial charge in [0.1, 0.15) is 12.3 Å². The summed E-state index contributed by atoms with van der Waals surface area (Å²) in [5.41, 5.74) is 2.51. The van der Waals surface area contributed by atoms with Crippen LogP contribution >= 0.6 is 23.4 Å². The third-order valence-corrected chi connectivity index (χ3v) is 8.51. The van der Waals surface area contributed by atoms with Gasteiger partial charge >= 0.3 is 0 Å². The Morgan fingerprint density at radius 1 is 1.03 bits per heavy atom. The highest BCUT2D eigenvalue weighted by molar-refractivity contribution is 7.98. The predicted molar refractivity (Wildman–Crippen MR) is 144 cm³/mol. The van der Waals surface area contributed by atoms with Crippen molar-refractivity contribution in [1.82, 2.24) is 5.32 Å². The Morgan fingerprint density at radius 3 is 2.37 bits per heavy atom. The fraction of sp³-hybridized carbons (Fsp3) is 0.269. The van der Waals surface area contributed by atoms with E-state index in [1.54, 1.807) is 36.0 Å². The molecule has 3 aromatic carbocycles. The molecule has 0 aliphatic heterocycles. The average molecular weight is 533 g/mol. The number of sulfonamides is 1. The lowest BCUT2D eigenvalue weighted by Crippen LogP contribution is -2.41. The molecule has 1 amide bonds. The summed E-state index contributed by atoms with van der Waals surface area (Å²) in [6, 6.07) is 20.9. The standard InChI is InChI=1S/C26H29ClN2O4S2/c1-20-8-10-22(11-9-20)29(35(31,32)24-14-12-23(33-2)13-15-24)18-26(30)28-16-5-17-34-19-21-6-3-4-7-25(21)27/h3-4,6-15H,5,16-19H2,1-2H3,(H,28,30). The largest absolute Gasteiger partial charge is 0.497 e. The molecule has 0 radical (unpaired) electrons. The minimum Gasteiger partial charge on any atom is -0.497 e. The maximum Gasteiger partial charge on any atom is 0.264 e. The van der Waals surface area contributed by atoms with Crippen molar-refractivity contribution in [2.45, 2.75) is 24.0 Å². The molecular weight excluding hydrogens is 504 g/mol. The van der Waals surface area contributed by atoms with E-state index in [1.165, 1.54) is 19.2 Å². The molecule has 3 rings (SSSR count). The van der Waals surface area contributed by atoms with Crippen LogP contribution in [0.15, 0.2) is 77.7 Å². The summed E-state index contributed by atoms with van der Waals surface area (Å²) in [7, 11) is -2.44. The van der Waals surface area contributed by atoms with E-state index < -0.39 is 10.0 Å². The molecule has 0 heterocycles. The van der Waals surface area contributed by atoms with Gasteiger partial charge in [-0.2, -0.15) is 11.8 Å². The number of hydrogen-bond donors (Lipinski definition) is 1. The third-order valence-electron chi connectivity index (χ3n) is 5.26. The molecule has 6 nitrogen and oxygen atoms in total. The zero-order chi connectivity index (χ0) is 25.3. The molecule has 9 heteroatoms. The molecule has 0 saturated heterocycles. The summed E-state index contributed by atoms with van der Waals surface area (Å²) in [6.45, 7) is 2.06. The van der Waals surface area contributed by atoms with E-state index >= 15 is 0 Å². The predicted octanol–water partition coefficient (Wildman–Crippen LogP) is 5.29. The van der Waals surface area contributed by atoms with Gasteiger partial charge in [-0.3, -0.25) is 9.10 Å². The summed E-state index contributed by atoms with van der Waals surface area (Å²) >= 11 is 7.92. The number of thioether (sulfide) groups is 1. The van der Waals surface area contributed by atoms with E-state index in [4.69, 9.17) is 16.3 Å². The van der Waals surface area contributed by atoms with E-state index in [1.807, 2.05) is 43.3 Å². The van der Waals surface area contributed by atoms with Crippen molar-refractivity contribution in [3.8, 4) is 5.75 Å². The summed E-state index contributed by atoms with van der Waals surface area (Å²) in [5, 5.41) is 3.59. The summed E-state index contributed by atoms with van der Waals surface area (Å²) in [6.07, 6.45) is 0.761. The summed E-state index contributed by atoms with van der Waals surface area (Å²) < 4.78 is 33.1. The van der Waals surface area contributed by atoms with Crippen molar-refractivity contribution in [3.63, 3.8) is 0 Å². The second kappa shape index (κ2) is 12.9. The van der Waals surface area contributed by atoms with Gasteiger partial charge in [-0.05, 0) is 67.1 Å². The monoisotopic (exact) mass is 532 g/mol. The van der Waals surface area contributed by atoms with E-state index in [-0.39, 0.29) is 17.3 Å². The summed E-state index contributed by atoms with van der Waals surface area (Å²) in [4.78, 5) is 12.8. The second-order valence-corrected chi connectivity index (χ2v) is 11.2. The number of aryl methyl sites for hydroxylation is 1. The normalized spacial score (nSPS) is 11.2. The van der Waals surface area contributed by atoms with Gasteiger partial charge in [-0.15, -0.1) is 0 Å². The molecule has 35 heavy (non-hydrogen) atoms. The van der Waals surface area contributed by atoms with Gasteiger partial charge < -0.3 is 10.1 Å². The number of carbonyl (C=O) groups excluding carboxylic acids is 1. The van der Waals surface area contributed by atoms with E-state index in [0.717, 1.165) is 38.4 Å². The smallest absolute Gasteiger partial charge is 0.264 e. The first-order chi connectivity index (χ1) is 16.8. The Labute approximate surface area is 216 Å². The van der Waals surface area contributed by atoms with Gasteiger partial charge in [-0.25, -0.2) is 8.42 Å². The second-order valence-electron chi connectivity index (χ2n) is 7.87. The number of ether oxygens (including phenoxy) is 1. The zero-order valence-electron chi connectivity index (χ0n) is 19.7. The zero-order valence-corrected chi connectivity index (χ0v) is 22.1. The fourth-order valence-corrected chi connectivity index (χ4v) is 5.95. The van der Waals surface area contributed by atoms with Crippen LogP contribution < -0.4 is 14.4 Å². The van der Waals surface area contributed by atoms with Crippen LogP contribution in [0.2, 0.25) is 5.02 Å². The topological polar surface area (TPSA) is 75.7 Å². The van der Waals surface area contributed by atoms with Gasteiger partial charge in [0, 0.05) is 17.3 Å². The lowest BCUT2D eigenvalue weighted by molar-refractivity contribution is -0.119. The number of hydrogen-bond acceptors (Lipinski definition) is 5. The van der Waals surface area contributed by atoms with E-state index in [0.29, 0.717) is 18.0 Å². The van der Waals surface area contributed by atoms with Crippen LogP contribution in [0.1, 0.15) is 17.5 Å². The summed E-state index contributed by atoms with van der Waals surface area (Å²) in [5.74, 6) is 1.83. The molecule has 0 aliphatic carbocycles. The maximum absolute atomic E-state index is 13.4. The molecule has 0 unspecified atom stereocenters. The van der Waals surface area contributed by atoms with Crippen molar-refractivity contribution in [2.24, 2.45) is 0 Å². The Hall–Kier alpha value is -2.68. The van der Waals surface area contributed by atoms with E-state index in [9.17, 15) is 13.2 Å². The first kappa shape index (κ1) is 26.9. The fourth-order valence-electron chi connectivity index (χ4n) is 3.29. The molecule has 0 fully saturated rings. The number of amides is 1. The minimum absolute atomic E-state index is 0.0858. The van der Waals surface area contributed by atoms with Crippen LogP contribution in [0, 0.1) is 6.92 Å². The highest BCUT2D eigenvalue weighted by atomic mass is 35.5. The number of nitrogens with one attached hydrogen (secondary N) is 1. The van der Waals surface area contributed by atoms with Crippen molar-refractivity contribution < 1.29 is 17.9 Å². The van der Waals surface area contributed by atoms with Gasteiger partial charge in [-0.1, -0.05) is 47.5 Å². The van der Waals surface area contributed by atoms with Gasteiger partial charge in [0.15, 0.2) is 0 Å². The van der Waals surface area contributed by atoms with Crippen LogP contribution in [0.3, 0.4) is 0 Å². The Kier molecular flexibility index (Phi) is 9.89. The average Bonchev–Trinajstić information content (AvgIpc) is 2.86. The van der Waals surface area contributed by atoms with Gasteiger partial charge in [0.2, 0.25) is 5.91 Å². The molecule has 0 aromatic heterocycles. The van der Waals surface area contributed by atoms with Crippen molar-refractivity contribution in [3.05, 3.63) is 88.9 Å². The van der Waals surface area contributed by atoms with Crippen LogP contribution in [-0.4, -0.2) is 40.3 Å². The number of rotatable bonds is 12. The molecule has 0 aliphatic rings. The number of benzene rings is 3. The first-order valence-electron chi connectivity index (χ1n) is 11.1. The molecule has 0 atom stereocenters. The third kappa shape index (κ3) is 7.65. The Balaban J connectivity index is 1.60. The van der Waals surface area contributed by atoms with Crippen molar-refractivity contribution >= 4 is 45.0 Å². The number of halogens is 1. The molecule has 186 valence electrons. The number of nitrogens with zero attached hydrogens (tertiary/aromatic N) is 1. The quantitative estimate of drug-likeness (QED) is 0.321. The molecule has 3 aromatic rings. The van der Waals surface area contributed by atoms with Crippen molar-refractivity contribution in [1.29, 1.82) is 0 Å². The van der Waals surface area contributed by atoms with Crippen LogP contribution in [0.5, 0.6) is 5.75 Å². The molecule has 1 N–H and O–H groups in total. The minimum atomic E-state index is -3.96. The Morgan fingerprint density at radius 2 is 1.71 bits per heavy atom. The number of methoxy groups -OCH3 is 1. The first-order valence-corrected chi connectivity index (χ1v) is 14.1. The lowest BCUT2D eigenvalue weighted by Gasteiger charge is -2.24. The molecule has 0 saturated carbocycles. The SMILES string of the molecule is COc1ccc(S(=O)(=O)N(CC(=O)NCCCSCc2ccccc2Cl)c2ccc(C)cc2)cc1. The highest BCUT2D eigenvalue weighted by Crippen LogP contribution is 2.25. The van der Waals surface area contributed by atoms with Gasteiger partial charge in [0.05, 0.1) is 17.7 Å². The van der Waals surface area contributed by atoms with Crippen LogP contribution in [-0.2, 0) is 20.6 Å². The molecule has 0 bridgehead atoms. The molecule has 0 spiro atoms. The van der Waals surface area contributed by atoms with Crippen LogP contribution in [0.4, 0.5) is 5.69 Å². The van der Waals surface area contributed by atoms with E-state index in [2.05, 4.69) is 5.32 Å². The number of carbonyl (C=O) groups is 1. The number of anilines is 1. The van der Waals surface area contributed by atoms with Gasteiger partial charge in [0.25, 0.3) is 10.0 Å². The van der Waals surface area contributed by atoms with Crippen molar-refractivity contribution in [2.75, 3.05) is 30.3 Å². The lowest BCUT2D eigenvalue weighted by atomic mass is 10.2. The maximum atomic E-state index is 13.4. The van der Waals surface area contributed by atoms with Crippen LogP contribution in [0.25, 0.3) is 0 Å². The molecular formula is C26H29ClN2O4S2. The highest BCUT2D eigenvalue weighted by Gasteiger charge is 2.27.